The lowest BCUT2D eigenvalue weighted by atomic mass is 9.78. The molecule has 1 atom stereocenters. The van der Waals surface area contributed by atoms with E-state index in [0.29, 0.717) is 24.9 Å². The van der Waals surface area contributed by atoms with Crippen molar-refractivity contribution in [3.63, 3.8) is 0 Å². The Morgan fingerprint density at radius 2 is 1.81 bits per heavy atom. The molecule has 0 aromatic heterocycles. The van der Waals surface area contributed by atoms with Crippen molar-refractivity contribution in [1.29, 1.82) is 0 Å². The fourth-order valence-corrected chi connectivity index (χ4v) is 5.84. The normalized spacial score (nSPS) is 28.2. The Morgan fingerprint density at radius 1 is 1.12 bits per heavy atom. The van der Waals surface area contributed by atoms with Gasteiger partial charge in [0.2, 0.25) is 10.0 Å². The molecule has 26 heavy (non-hydrogen) atoms. The average Bonchev–Trinajstić information content (AvgIpc) is 3.02. The summed E-state index contributed by atoms with van der Waals surface area (Å²) in [5, 5.41) is -0.351. The van der Waals surface area contributed by atoms with Gasteiger partial charge < -0.3 is 14.2 Å². The molecule has 0 bridgehead atoms. The van der Waals surface area contributed by atoms with E-state index >= 15 is 0 Å². The van der Waals surface area contributed by atoms with Crippen LogP contribution in [0.15, 0.2) is 0 Å². The highest BCUT2D eigenvalue weighted by Gasteiger charge is 2.47. The van der Waals surface area contributed by atoms with Gasteiger partial charge in [-0.05, 0) is 64.2 Å². The van der Waals surface area contributed by atoms with E-state index in [0.717, 1.165) is 71.6 Å². The van der Waals surface area contributed by atoms with Crippen LogP contribution in [0.2, 0.25) is 0 Å². The van der Waals surface area contributed by atoms with Crippen LogP contribution in [0.25, 0.3) is 0 Å². The second-order valence-electron chi connectivity index (χ2n) is 8.31. The van der Waals surface area contributed by atoms with E-state index in [4.69, 9.17) is 14.2 Å². The Labute approximate surface area is 158 Å². The highest BCUT2D eigenvalue weighted by atomic mass is 32.2. The van der Waals surface area contributed by atoms with Gasteiger partial charge in [0, 0.05) is 46.1 Å². The lowest BCUT2D eigenvalue weighted by molar-refractivity contribution is -0.0630. The molecule has 3 fully saturated rings. The predicted molar refractivity (Wildman–Crippen MR) is 101 cm³/mol. The topological polar surface area (TPSA) is 65.1 Å². The van der Waals surface area contributed by atoms with Crippen LogP contribution in [-0.4, -0.2) is 69.7 Å². The van der Waals surface area contributed by atoms with E-state index < -0.39 is 10.0 Å². The number of piperidine rings is 1. The summed E-state index contributed by atoms with van der Waals surface area (Å²) in [5.74, 6) is 1.13. The molecule has 0 aromatic rings. The second kappa shape index (κ2) is 8.86. The smallest absolute Gasteiger partial charge is 0.216 e. The Hall–Kier alpha value is -0.210. The minimum Gasteiger partial charge on any atom is -0.381 e. The number of hydrogen-bond donors (Lipinski definition) is 0. The summed E-state index contributed by atoms with van der Waals surface area (Å²) >= 11 is 0. The first-order valence-corrected chi connectivity index (χ1v) is 11.7. The third-order valence-electron chi connectivity index (χ3n) is 6.43. The van der Waals surface area contributed by atoms with E-state index in [1.54, 1.807) is 18.2 Å². The lowest BCUT2D eigenvalue weighted by Gasteiger charge is -2.42. The van der Waals surface area contributed by atoms with Gasteiger partial charge in [-0.2, -0.15) is 0 Å². The van der Waals surface area contributed by atoms with Gasteiger partial charge in [0.15, 0.2) is 0 Å². The fourth-order valence-electron chi connectivity index (χ4n) is 4.55. The number of nitrogens with zero attached hydrogens (tertiary/aromatic N) is 1. The van der Waals surface area contributed by atoms with Crippen LogP contribution in [0.5, 0.6) is 0 Å². The molecule has 152 valence electrons. The van der Waals surface area contributed by atoms with Gasteiger partial charge in [-0.15, -0.1) is 0 Å². The number of ether oxygens (including phenoxy) is 3. The van der Waals surface area contributed by atoms with E-state index in [2.05, 4.69) is 0 Å². The maximum Gasteiger partial charge on any atom is 0.216 e. The molecule has 0 N–H and O–H groups in total. The summed E-state index contributed by atoms with van der Waals surface area (Å²) in [7, 11) is -3.15. The maximum atomic E-state index is 12.4. The molecule has 0 unspecified atom stereocenters. The van der Waals surface area contributed by atoms with Crippen molar-refractivity contribution >= 4 is 10.0 Å². The largest absolute Gasteiger partial charge is 0.381 e. The first-order chi connectivity index (χ1) is 12.4. The maximum absolute atomic E-state index is 12.4. The van der Waals surface area contributed by atoms with Crippen molar-refractivity contribution in [3.05, 3.63) is 0 Å². The van der Waals surface area contributed by atoms with E-state index in [1.165, 1.54) is 0 Å². The second-order valence-corrected chi connectivity index (χ2v) is 10.8. The quantitative estimate of drug-likeness (QED) is 0.626. The zero-order valence-electron chi connectivity index (χ0n) is 16.3. The minimum absolute atomic E-state index is 0.134. The molecule has 3 aliphatic rings. The van der Waals surface area contributed by atoms with Crippen LogP contribution < -0.4 is 0 Å². The molecule has 0 saturated carbocycles. The van der Waals surface area contributed by atoms with Crippen LogP contribution in [0, 0.1) is 11.8 Å². The summed E-state index contributed by atoms with van der Waals surface area (Å²) in [6.45, 7) is 8.81. The summed E-state index contributed by atoms with van der Waals surface area (Å²) in [6.07, 6.45) is 5.91. The molecular formula is C19H35NO5S. The van der Waals surface area contributed by atoms with Crippen molar-refractivity contribution < 1.29 is 22.6 Å². The van der Waals surface area contributed by atoms with Gasteiger partial charge in [-0.1, -0.05) is 0 Å². The monoisotopic (exact) mass is 389 g/mol. The molecular weight excluding hydrogens is 354 g/mol. The Kier molecular flexibility index (Phi) is 6.99. The first-order valence-electron chi connectivity index (χ1n) is 10.2. The number of hydrogen-bond acceptors (Lipinski definition) is 5. The fraction of sp³-hybridized carbons (Fsp3) is 1.00. The number of rotatable bonds is 7. The Bertz CT molecular complexity index is 536. The molecule has 1 spiro atoms. The molecule has 6 nitrogen and oxygen atoms in total. The molecule has 3 heterocycles. The van der Waals surface area contributed by atoms with Crippen LogP contribution in [0.3, 0.4) is 0 Å². The van der Waals surface area contributed by atoms with Crippen molar-refractivity contribution in [2.24, 2.45) is 11.8 Å². The highest BCUT2D eigenvalue weighted by Crippen LogP contribution is 2.43. The van der Waals surface area contributed by atoms with Gasteiger partial charge >= 0.3 is 0 Å². The Morgan fingerprint density at radius 3 is 2.46 bits per heavy atom. The van der Waals surface area contributed by atoms with E-state index in [1.807, 2.05) is 0 Å². The van der Waals surface area contributed by atoms with Crippen molar-refractivity contribution in [2.45, 2.75) is 63.2 Å². The van der Waals surface area contributed by atoms with Gasteiger partial charge in [0.25, 0.3) is 0 Å². The molecule has 3 rings (SSSR count). The molecule has 3 aliphatic heterocycles. The van der Waals surface area contributed by atoms with Gasteiger partial charge in [0.1, 0.15) is 0 Å². The zero-order valence-corrected chi connectivity index (χ0v) is 17.1. The standard InChI is InChI=1S/C19H35NO5S/c1-16(2)26(21,22)20-9-7-19(8-10-20)18(6-14-25-19)5-13-24-15-17-3-11-23-12-4-17/h16-18H,3-15H2,1-2H3/t18-/m1/s1. The van der Waals surface area contributed by atoms with Crippen LogP contribution in [0.4, 0.5) is 0 Å². The van der Waals surface area contributed by atoms with Crippen LogP contribution in [-0.2, 0) is 24.2 Å². The van der Waals surface area contributed by atoms with Gasteiger partial charge in [-0.3, -0.25) is 0 Å². The van der Waals surface area contributed by atoms with Gasteiger partial charge in [0.05, 0.1) is 10.9 Å². The molecule has 0 aromatic carbocycles. The van der Waals surface area contributed by atoms with Gasteiger partial charge in [-0.25, -0.2) is 12.7 Å². The average molecular weight is 390 g/mol. The predicted octanol–water partition coefficient (Wildman–Crippen LogP) is 2.43. The third-order valence-corrected chi connectivity index (χ3v) is 8.71. The summed E-state index contributed by atoms with van der Waals surface area (Å²) in [5.41, 5.74) is -0.134. The third kappa shape index (κ3) is 4.61. The van der Waals surface area contributed by atoms with E-state index in [-0.39, 0.29) is 10.9 Å². The van der Waals surface area contributed by atoms with Crippen molar-refractivity contribution in [3.8, 4) is 0 Å². The van der Waals surface area contributed by atoms with Crippen molar-refractivity contribution in [2.75, 3.05) is 46.1 Å². The molecule has 0 radical (unpaired) electrons. The van der Waals surface area contributed by atoms with E-state index in [9.17, 15) is 8.42 Å². The first kappa shape index (κ1) is 20.5. The lowest BCUT2D eigenvalue weighted by Crippen LogP contribution is -2.50. The molecule has 0 aliphatic carbocycles. The molecule has 7 heteroatoms. The highest BCUT2D eigenvalue weighted by molar-refractivity contribution is 7.89. The SMILES string of the molecule is CC(C)S(=O)(=O)N1CCC2(CC1)OCC[C@H]2CCOCC1CCOCC1. The number of sulfonamides is 1. The molecule has 0 amide bonds. The summed E-state index contributed by atoms with van der Waals surface area (Å²) in [4.78, 5) is 0. The summed E-state index contributed by atoms with van der Waals surface area (Å²) in [6, 6.07) is 0. The Balaban J connectivity index is 1.44. The van der Waals surface area contributed by atoms with Crippen LogP contribution in [0.1, 0.15) is 52.4 Å². The summed E-state index contributed by atoms with van der Waals surface area (Å²) < 4.78 is 43.9. The van der Waals surface area contributed by atoms with Crippen LogP contribution >= 0.6 is 0 Å². The molecule has 3 saturated heterocycles. The van der Waals surface area contributed by atoms with Crippen molar-refractivity contribution in [1.82, 2.24) is 4.31 Å². The zero-order chi connectivity index (χ0) is 18.6. The minimum atomic E-state index is -3.15.